The fourth-order valence-electron chi connectivity index (χ4n) is 2.43. The van der Waals surface area contributed by atoms with Gasteiger partial charge in [0.15, 0.2) is 0 Å². The number of carbonyl (C=O) groups excluding carboxylic acids is 1. The van der Waals surface area contributed by atoms with Crippen LogP contribution in [0.25, 0.3) is 0 Å². The van der Waals surface area contributed by atoms with E-state index < -0.39 is 0 Å². The lowest BCUT2D eigenvalue weighted by Gasteiger charge is -2.35. The summed E-state index contributed by atoms with van der Waals surface area (Å²) in [5.41, 5.74) is 0.299. The zero-order valence-electron chi connectivity index (χ0n) is 9.91. The van der Waals surface area contributed by atoms with Gasteiger partial charge < -0.3 is 4.90 Å². The molecule has 88 valence electrons. The van der Waals surface area contributed by atoms with Gasteiger partial charge in [-0.2, -0.15) is 5.26 Å². The lowest BCUT2D eigenvalue weighted by atomic mass is 10.0. The van der Waals surface area contributed by atoms with Crippen molar-refractivity contribution >= 4 is 5.91 Å². The first-order chi connectivity index (χ1) is 7.65. The Balaban J connectivity index is 1.78. The van der Waals surface area contributed by atoms with Crippen molar-refractivity contribution in [1.82, 2.24) is 9.80 Å². The van der Waals surface area contributed by atoms with Gasteiger partial charge in [0.05, 0.1) is 6.07 Å². The Bertz CT molecular complexity index is 309. The second kappa shape index (κ2) is 4.42. The van der Waals surface area contributed by atoms with Gasteiger partial charge in [0.2, 0.25) is 5.91 Å². The van der Waals surface area contributed by atoms with E-state index in [1.54, 1.807) is 6.92 Å². The molecule has 0 spiro atoms. The van der Waals surface area contributed by atoms with Crippen molar-refractivity contribution in [2.75, 3.05) is 32.7 Å². The first-order valence-electron chi connectivity index (χ1n) is 6.00. The molecule has 1 aliphatic heterocycles. The molecule has 0 aromatic heterocycles. The Morgan fingerprint density at radius 3 is 2.38 bits per heavy atom. The van der Waals surface area contributed by atoms with E-state index in [9.17, 15) is 4.79 Å². The van der Waals surface area contributed by atoms with Crippen LogP contribution in [0.15, 0.2) is 0 Å². The van der Waals surface area contributed by atoms with E-state index in [4.69, 9.17) is 5.26 Å². The van der Waals surface area contributed by atoms with Gasteiger partial charge in [-0.1, -0.05) is 0 Å². The number of amides is 1. The number of nitriles is 1. The highest BCUT2D eigenvalue weighted by Gasteiger charge is 2.43. The molecule has 2 aliphatic rings. The van der Waals surface area contributed by atoms with E-state index in [-0.39, 0.29) is 5.91 Å². The fraction of sp³-hybridized carbons (Fsp3) is 0.833. The predicted molar refractivity (Wildman–Crippen MR) is 60.6 cm³/mol. The smallest absolute Gasteiger partial charge is 0.219 e. The van der Waals surface area contributed by atoms with Gasteiger partial charge in [-0.05, 0) is 18.3 Å². The lowest BCUT2D eigenvalue weighted by molar-refractivity contribution is -0.130. The van der Waals surface area contributed by atoms with E-state index in [1.165, 1.54) is 12.8 Å². The Morgan fingerprint density at radius 2 is 1.94 bits per heavy atom. The third-order valence-electron chi connectivity index (χ3n) is 3.79. The highest BCUT2D eigenvalue weighted by molar-refractivity contribution is 5.73. The van der Waals surface area contributed by atoms with E-state index in [0.29, 0.717) is 11.8 Å². The summed E-state index contributed by atoms with van der Waals surface area (Å²) in [6.45, 7) is 6.30. The van der Waals surface area contributed by atoms with E-state index >= 15 is 0 Å². The molecule has 0 radical (unpaired) electrons. The molecule has 1 saturated carbocycles. The molecule has 16 heavy (non-hydrogen) atoms. The first kappa shape index (κ1) is 11.4. The van der Waals surface area contributed by atoms with Crippen LogP contribution in [0.5, 0.6) is 0 Å². The second-order valence-electron chi connectivity index (χ2n) is 5.12. The molecular formula is C12H19N3O. The summed E-state index contributed by atoms with van der Waals surface area (Å²) in [5, 5.41) is 8.76. The molecule has 4 nitrogen and oxygen atoms in total. The molecule has 0 unspecified atom stereocenters. The molecule has 1 heterocycles. The summed E-state index contributed by atoms with van der Waals surface area (Å²) in [6, 6.07) is 2.30. The topological polar surface area (TPSA) is 47.3 Å². The quantitative estimate of drug-likeness (QED) is 0.709. The predicted octanol–water partition coefficient (Wildman–Crippen LogP) is 0.844. The average molecular weight is 221 g/mol. The van der Waals surface area contributed by atoms with E-state index in [1.807, 2.05) is 4.90 Å². The number of carbonyl (C=O) groups is 1. The van der Waals surface area contributed by atoms with Crippen molar-refractivity contribution in [2.24, 2.45) is 5.41 Å². The summed E-state index contributed by atoms with van der Waals surface area (Å²) in [7, 11) is 0. The number of hydrogen-bond acceptors (Lipinski definition) is 3. The van der Waals surface area contributed by atoms with Crippen molar-refractivity contribution < 1.29 is 4.79 Å². The van der Waals surface area contributed by atoms with Gasteiger partial charge in [-0.15, -0.1) is 0 Å². The van der Waals surface area contributed by atoms with Crippen LogP contribution in [0.4, 0.5) is 0 Å². The van der Waals surface area contributed by atoms with Crippen LogP contribution in [0.3, 0.4) is 0 Å². The molecule has 2 rings (SSSR count). The maximum Gasteiger partial charge on any atom is 0.219 e. The highest BCUT2D eigenvalue weighted by Crippen LogP contribution is 2.49. The summed E-state index contributed by atoms with van der Waals surface area (Å²) < 4.78 is 0. The second-order valence-corrected chi connectivity index (χ2v) is 5.12. The normalized spacial score (nSPS) is 23.9. The fourth-order valence-corrected chi connectivity index (χ4v) is 2.43. The number of hydrogen-bond donors (Lipinski definition) is 0. The summed E-state index contributed by atoms with van der Waals surface area (Å²) in [5.74, 6) is 0.179. The summed E-state index contributed by atoms with van der Waals surface area (Å²) in [6.07, 6.45) is 3.10. The Kier molecular flexibility index (Phi) is 3.15. The van der Waals surface area contributed by atoms with Crippen LogP contribution in [0.2, 0.25) is 0 Å². The number of piperazine rings is 1. The van der Waals surface area contributed by atoms with Gasteiger partial charge in [0.1, 0.15) is 0 Å². The van der Waals surface area contributed by atoms with Crippen molar-refractivity contribution in [3.8, 4) is 6.07 Å². The molecule has 0 aromatic rings. The molecule has 0 bridgehead atoms. The van der Waals surface area contributed by atoms with Gasteiger partial charge in [-0.25, -0.2) is 0 Å². The van der Waals surface area contributed by atoms with Crippen LogP contribution in [-0.4, -0.2) is 48.4 Å². The van der Waals surface area contributed by atoms with Crippen LogP contribution in [-0.2, 0) is 4.79 Å². The van der Waals surface area contributed by atoms with Gasteiger partial charge in [-0.3, -0.25) is 9.69 Å². The average Bonchev–Trinajstić information content (AvgIpc) is 2.99. The maximum atomic E-state index is 11.2. The summed E-state index contributed by atoms with van der Waals surface area (Å²) >= 11 is 0. The maximum absolute atomic E-state index is 11.2. The van der Waals surface area contributed by atoms with Crippen molar-refractivity contribution in [2.45, 2.75) is 26.2 Å². The molecule has 0 aromatic carbocycles. The Labute approximate surface area is 96.8 Å². The van der Waals surface area contributed by atoms with E-state index in [0.717, 1.165) is 32.7 Å². The van der Waals surface area contributed by atoms with E-state index in [2.05, 4.69) is 11.0 Å². The minimum absolute atomic E-state index is 0.179. The first-order valence-corrected chi connectivity index (χ1v) is 6.00. The SMILES string of the molecule is CC(=O)N1CCN(CC2(CC#N)CC2)CC1. The molecule has 0 atom stereocenters. The third kappa shape index (κ3) is 2.53. The minimum atomic E-state index is 0.179. The molecule has 1 amide bonds. The molecule has 1 aliphatic carbocycles. The minimum Gasteiger partial charge on any atom is -0.340 e. The zero-order valence-corrected chi connectivity index (χ0v) is 9.91. The molecule has 1 saturated heterocycles. The highest BCUT2D eigenvalue weighted by atomic mass is 16.2. The molecular weight excluding hydrogens is 202 g/mol. The van der Waals surface area contributed by atoms with Gasteiger partial charge in [0.25, 0.3) is 0 Å². The molecule has 2 fully saturated rings. The van der Waals surface area contributed by atoms with Gasteiger partial charge in [0, 0.05) is 46.1 Å². The lowest BCUT2D eigenvalue weighted by Crippen LogP contribution is -2.49. The van der Waals surface area contributed by atoms with Crippen LogP contribution in [0.1, 0.15) is 26.2 Å². The Morgan fingerprint density at radius 1 is 1.31 bits per heavy atom. The monoisotopic (exact) mass is 221 g/mol. The van der Waals surface area contributed by atoms with Crippen molar-refractivity contribution in [3.05, 3.63) is 0 Å². The summed E-state index contributed by atoms with van der Waals surface area (Å²) in [4.78, 5) is 15.5. The molecule has 0 N–H and O–H groups in total. The molecule has 4 heteroatoms. The largest absolute Gasteiger partial charge is 0.340 e. The van der Waals surface area contributed by atoms with Gasteiger partial charge >= 0.3 is 0 Å². The number of nitrogens with zero attached hydrogens (tertiary/aromatic N) is 3. The van der Waals surface area contributed by atoms with Crippen LogP contribution < -0.4 is 0 Å². The zero-order chi connectivity index (χ0) is 11.6. The third-order valence-corrected chi connectivity index (χ3v) is 3.79. The number of rotatable bonds is 3. The van der Waals surface area contributed by atoms with Crippen LogP contribution >= 0.6 is 0 Å². The Hall–Kier alpha value is -1.08. The van der Waals surface area contributed by atoms with Crippen molar-refractivity contribution in [3.63, 3.8) is 0 Å². The van der Waals surface area contributed by atoms with Crippen molar-refractivity contribution in [1.29, 1.82) is 5.26 Å². The van der Waals surface area contributed by atoms with Crippen LogP contribution in [0, 0.1) is 16.7 Å². The standard InChI is InChI=1S/C12H19N3O/c1-11(16)15-8-6-14(7-9-15)10-12(2-3-12)4-5-13/h2-4,6-10H2,1H3.